The van der Waals surface area contributed by atoms with Crippen LogP contribution in [0.2, 0.25) is 0 Å². The number of nitrogens with one attached hydrogen (secondary N) is 1. The number of likely N-dealkylation sites (N-methyl/N-ethyl adjacent to an activating group) is 2. The molecule has 0 aliphatic carbocycles. The van der Waals surface area contributed by atoms with E-state index >= 15 is 0 Å². The molecule has 0 fully saturated rings. The summed E-state index contributed by atoms with van der Waals surface area (Å²) in [6.45, 7) is 13.6. The lowest BCUT2D eigenvalue weighted by Crippen LogP contribution is -2.54. The van der Waals surface area contributed by atoms with E-state index < -0.39 is 0 Å². The zero-order valence-electron chi connectivity index (χ0n) is 15.1. The Bertz CT molecular complexity index is 406. The van der Waals surface area contributed by atoms with Crippen LogP contribution in [0.25, 0.3) is 0 Å². The monoisotopic (exact) mass is 296 g/mol. The van der Waals surface area contributed by atoms with Crippen molar-refractivity contribution in [3.63, 3.8) is 0 Å². The Morgan fingerprint density at radius 3 is 1.90 bits per heavy atom. The maximum absolute atomic E-state index is 12.8. The number of amides is 1. The van der Waals surface area contributed by atoms with Crippen molar-refractivity contribution in [2.75, 3.05) is 14.1 Å². The van der Waals surface area contributed by atoms with Gasteiger partial charge in [0.2, 0.25) is 5.91 Å². The summed E-state index contributed by atoms with van der Waals surface area (Å²) >= 11 is 0. The van der Waals surface area contributed by atoms with Crippen molar-refractivity contribution in [1.82, 2.24) is 10.2 Å². The number of carbonyl (C=O) groups excluding carboxylic acids is 2. The van der Waals surface area contributed by atoms with Gasteiger partial charge >= 0.3 is 0 Å². The molecule has 0 aliphatic rings. The second-order valence-electron chi connectivity index (χ2n) is 7.18. The maximum Gasteiger partial charge on any atom is 0.240 e. The summed E-state index contributed by atoms with van der Waals surface area (Å²) in [5.74, 6) is 0.338. The van der Waals surface area contributed by atoms with E-state index in [4.69, 9.17) is 0 Å². The van der Waals surface area contributed by atoms with Crippen LogP contribution in [-0.4, -0.2) is 42.8 Å². The lowest BCUT2D eigenvalue weighted by molar-refractivity contribution is -0.136. The fraction of sp³-hybridized carbons (Fsp3) is 0.765. The molecule has 0 aromatic rings. The first-order valence-corrected chi connectivity index (χ1v) is 7.56. The van der Waals surface area contributed by atoms with Crippen molar-refractivity contribution in [3.05, 3.63) is 11.6 Å². The van der Waals surface area contributed by atoms with E-state index in [0.717, 1.165) is 0 Å². The molecular weight excluding hydrogens is 264 g/mol. The third-order valence-electron chi connectivity index (χ3n) is 3.86. The molecule has 4 heteroatoms. The van der Waals surface area contributed by atoms with E-state index in [2.05, 4.69) is 19.2 Å². The van der Waals surface area contributed by atoms with Gasteiger partial charge in [0.15, 0.2) is 5.78 Å². The quantitative estimate of drug-likeness (QED) is 0.767. The maximum atomic E-state index is 12.8. The minimum atomic E-state index is -0.255. The third kappa shape index (κ3) is 5.62. The number of allylic oxidation sites excluding steroid dienone is 1. The highest BCUT2D eigenvalue weighted by molar-refractivity contribution is 5.92. The molecule has 0 rings (SSSR count). The molecule has 0 heterocycles. The van der Waals surface area contributed by atoms with Crippen LogP contribution in [0, 0.1) is 11.3 Å². The van der Waals surface area contributed by atoms with E-state index in [-0.39, 0.29) is 35.1 Å². The van der Waals surface area contributed by atoms with Crippen molar-refractivity contribution in [1.29, 1.82) is 0 Å². The molecule has 0 radical (unpaired) electrons. The standard InChI is InChI=1S/C17H32N2O2/c1-11(2)14(10-12(3)13(4)20)19(9)16(21)15(18-8)17(5,6)7/h10-11,14-15,18H,1-9H3/b12-10+/t14-,15-/m1/s1. The minimum absolute atomic E-state index is 0.0440. The Balaban J connectivity index is 5.41. The average molecular weight is 296 g/mol. The summed E-state index contributed by atoms with van der Waals surface area (Å²) in [4.78, 5) is 26.0. The molecule has 1 amide bonds. The molecule has 0 saturated heterocycles. The third-order valence-corrected chi connectivity index (χ3v) is 3.86. The average Bonchev–Trinajstić information content (AvgIpc) is 2.32. The largest absolute Gasteiger partial charge is 0.338 e. The van der Waals surface area contributed by atoms with Crippen LogP contribution in [0.4, 0.5) is 0 Å². The van der Waals surface area contributed by atoms with Gasteiger partial charge in [0.05, 0.1) is 12.1 Å². The highest BCUT2D eigenvalue weighted by Gasteiger charge is 2.34. The predicted octanol–water partition coefficient (Wildman–Crippen LogP) is 2.64. The van der Waals surface area contributed by atoms with Crippen molar-refractivity contribution < 1.29 is 9.59 Å². The van der Waals surface area contributed by atoms with Gasteiger partial charge in [-0.05, 0) is 37.8 Å². The summed E-state index contributed by atoms with van der Waals surface area (Å²) in [6, 6.07) is -0.339. The topological polar surface area (TPSA) is 49.4 Å². The zero-order valence-corrected chi connectivity index (χ0v) is 15.1. The molecule has 1 N–H and O–H groups in total. The molecule has 0 bridgehead atoms. The predicted molar refractivity (Wildman–Crippen MR) is 88.1 cm³/mol. The second-order valence-corrected chi connectivity index (χ2v) is 7.18. The van der Waals surface area contributed by atoms with Gasteiger partial charge < -0.3 is 10.2 Å². The van der Waals surface area contributed by atoms with Crippen molar-refractivity contribution >= 4 is 11.7 Å². The summed E-state index contributed by atoms with van der Waals surface area (Å²) < 4.78 is 0. The highest BCUT2D eigenvalue weighted by Crippen LogP contribution is 2.23. The number of Topliss-reactive ketones (excluding diaryl/α,β-unsaturated/α-hetero) is 1. The second kappa shape index (κ2) is 7.74. The van der Waals surface area contributed by atoms with Crippen LogP contribution in [-0.2, 0) is 9.59 Å². The van der Waals surface area contributed by atoms with Crippen molar-refractivity contribution in [2.45, 2.75) is 60.5 Å². The number of hydrogen-bond acceptors (Lipinski definition) is 3. The van der Waals surface area contributed by atoms with Crippen LogP contribution in [0.3, 0.4) is 0 Å². The molecular formula is C17H32N2O2. The smallest absolute Gasteiger partial charge is 0.240 e. The molecule has 0 aromatic heterocycles. The van der Waals surface area contributed by atoms with Gasteiger partial charge in [0, 0.05) is 7.05 Å². The first-order chi connectivity index (χ1) is 9.43. The van der Waals surface area contributed by atoms with E-state index in [1.807, 2.05) is 40.9 Å². The van der Waals surface area contributed by atoms with Gasteiger partial charge in [-0.3, -0.25) is 9.59 Å². The van der Waals surface area contributed by atoms with Gasteiger partial charge in [-0.2, -0.15) is 0 Å². The van der Waals surface area contributed by atoms with Gasteiger partial charge in [0.25, 0.3) is 0 Å². The van der Waals surface area contributed by atoms with Gasteiger partial charge in [-0.25, -0.2) is 0 Å². The van der Waals surface area contributed by atoms with Crippen molar-refractivity contribution in [3.8, 4) is 0 Å². The molecule has 0 aliphatic heterocycles. The molecule has 2 atom stereocenters. The molecule has 0 spiro atoms. The van der Waals surface area contributed by atoms with E-state index in [9.17, 15) is 9.59 Å². The Morgan fingerprint density at radius 2 is 1.62 bits per heavy atom. The van der Waals surface area contributed by atoms with Gasteiger partial charge in [-0.15, -0.1) is 0 Å². The van der Waals surface area contributed by atoms with Gasteiger partial charge in [-0.1, -0.05) is 40.7 Å². The molecule has 0 saturated carbocycles. The van der Waals surface area contributed by atoms with Gasteiger partial charge in [0.1, 0.15) is 0 Å². The van der Waals surface area contributed by atoms with E-state index in [1.54, 1.807) is 18.7 Å². The fourth-order valence-electron chi connectivity index (χ4n) is 2.40. The molecule has 122 valence electrons. The fourth-order valence-corrected chi connectivity index (χ4v) is 2.40. The van der Waals surface area contributed by atoms with Crippen LogP contribution >= 0.6 is 0 Å². The SMILES string of the molecule is CN[C@H](C(=O)N(C)[C@H](/C=C(\C)C(C)=O)C(C)C)C(C)(C)C. The van der Waals surface area contributed by atoms with Crippen LogP contribution in [0.15, 0.2) is 11.6 Å². The number of carbonyl (C=O) groups is 2. The summed E-state index contributed by atoms with van der Waals surface area (Å²) in [7, 11) is 3.62. The van der Waals surface area contributed by atoms with Crippen LogP contribution in [0.1, 0.15) is 48.5 Å². The molecule has 21 heavy (non-hydrogen) atoms. The zero-order chi connectivity index (χ0) is 17.0. The number of nitrogens with zero attached hydrogens (tertiary/aromatic N) is 1. The first-order valence-electron chi connectivity index (χ1n) is 7.56. The molecule has 0 aromatic carbocycles. The highest BCUT2D eigenvalue weighted by atomic mass is 16.2. The minimum Gasteiger partial charge on any atom is -0.338 e. The molecule has 4 nitrogen and oxygen atoms in total. The normalized spacial score (nSPS) is 15.8. The Kier molecular flexibility index (Phi) is 7.31. The van der Waals surface area contributed by atoms with Crippen LogP contribution in [0.5, 0.6) is 0 Å². The van der Waals surface area contributed by atoms with Crippen molar-refractivity contribution in [2.24, 2.45) is 11.3 Å². The summed E-state index contributed by atoms with van der Waals surface area (Å²) in [5.41, 5.74) is 0.533. The first kappa shape index (κ1) is 19.8. The number of hydrogen-bond donors (Lipinski definition) is 1. The van der Waals surface area contributed by atoms with Crippen LogP contribution < -0.4 is 5.32 Å². The Morgan fingerprint density at radius 1 is 1.14 bits per heavy atom. The lowest BCUT2D eigenvalue weighted by atomic mass is 9.85. The lowest BCUT2D eigenvalue weighted by Gasteiger charge is -2.37. The summed E-state index contributed by atoms with van der Waals surface area (Å²) in [5, 5.41) is 3.11. The Hall–Kier alpha value is -1.16. The van der Waals surface area contributed by atoms with E-state index in [1.165, 1.54) is 0 Å². The summed E-state index contributed by atoms with van der Waals surface area (Å²) in [6.07, 6.45) is 1.90. The van der Waals surface area contributed by atoms with E-state index in [0.29, 0.717) is 5.57 Å². The Labute approximate surface area is 130 Å². The molecule has 0 unspecified atom stereocenters. The number of rotatable bonds is 6. The number of ketones is 1.